The molecule has 32 heavy (non-hydrogen) atoms. The van der Waals surface area contributed by atoms with Crippen LogP contribution in [0.25, 0.3) is 11.3 Å². The highest BCUT2D eigenvalue weighted by molar-refractivity contribution is 5.90. The molecule has 3 aromatic rings. The van der Waals surface area contributed by atoms with E-state index in [0.717, 1.165) is 4.68 Å². The van der Waals surface area contributed by atoms with Gasteiger partial charge >= 0.3 is 0 Å². The molecule has 0 aliphatic carbocycles. The van der Waals surface area contributed by atoms with Crippen molar-refractivity contribution < 1.29 is 19.0 Å². The van der Waals surface area contributed by atoms with E-state index in [-0.39, 0.29) is 18.0 Å². The maximum atomic E-state index is 12.5. The van der Waals surface area contributed by atoms with E-state index in [1.54, 1.807) is 18.2 Å². The molecule has 0 unspecified atom stereocenters. The number of methoxy groups -OCH3 is 3. The Bertz CT molecular complexity index is 1130. The molecule has 8 nitrogen and oxygen atoms in total. The van der Waals surface area contributed by atoms with E-state index in [1.807, 2.05) is 24.3 Å². The molecule has 0 fully saturated rings. The number of amides is 1. The zero-order valence-electron chi connectivity index (χ0n) is 18.8. The first-order valence-corrected chi connectivity index (χ1v) is 10.1. The molecule has 1 amide bonds. The molecule has 0 bridgehead atoms. The molecule has 0 radical (unpaired) electrons. The van der Waals surface area contributed by atoms with Crippen molar-refractivity contribution >= 4 is 11.6 Å². The van der Waals surface area contributed by atoms with E-state index in [4.69, 9.17) is 14.2 Å². The molecule has 0 aliphatic heterocycles. The number of carbonyl (C=O) groups is 1. The molecule has 0 saturated heterocycles. The highest BCUT2D eigenvalue weighted by atomic mass is 16.5. The third kappa shape index (κ3) is 5.08. The van der Waals surface area contributed by atoms with E-state index < -0.39 is 0 Å². The number of aromatic nitrogens is 2. The molecule has 0 atom stereocenters. The monoisotopic (exact) mass is 437 g/mol. The van der Waals surface area contributed by atoms with Crippen LogP contribution in [-0.4, -0.2) is 37.0 Å². The molecule has 3 rings (SSSR count). The molecule has 1 heterocycles. The van der Waals surface area contributed by atoms with Gasteiger partial charge in [-0.3, -0.25) is 9.59 Å². The van der Waals surface area contributed by atoms with Gasteiger partial charge in [0.2, 0.25) is 11.7 Å². The van der Waals surface area contributed by atoms with Crippen LogP contribution in [0.4, 0.5) is 5.69 Å². The number of anilines is 1. The molecular formula is C24H27N3O5. The number of nitrogens with zero attached hydrogens (tertiary/aromatic N) is 2. The fraction of sp³-hybridized carbons (Fsp3) is 0.292. The minimum Gasteiger partial charge on any atom is -0.493 e. The predicted molar refractivity (Wildman–Crippen MR) is 123 cm³/mol. The number of hydrogen-bond donors (Lipinski definition) is 1. The Balaban J connectivity index is 1.84. The van der Waals surface area contributed by atoms with Gasteiger partial charge < -0.3 is 19.5 Å². The quantitative estimate of drug-likeness (QED) is 0.578. The van der Waals surface area contributed by atoms with Crippen LogP contribution in [0.5, 0.6) is 17.2 Å². The van der Waals surface area contributed by atoms with Gasteiger partial charge in [-0.1, -0.05) is 26.0 Å². The SMILES string of the molecule is COc1cc(-c2ccc(=O)n(CC(=O)Nc3ccc(C(C)C)cc3)n2)cc(OC)c1OC. The standard InChI is InChI=1S/C24H27N3O5/c1-15(2)16-6-8-18(9-7-16)25-22(28)14-27-23(29)11-10-19(26-27)17-12-20(30-3)24(32-5)21(13-17)31-4/h6-13,15H,14H2,1-5H3,(H,25,28). The van der Waals surface area contributed by atoms with E-state index in [1.165, 1.54) is 33.0 Å². The van der Waals surface area contributed by atoms with Crippen LogP contribution in [0.3, 0.4) is 0 Å². The number of benzene rings is 2. The minimum atomic E-state index is -0.383. The van der Waals surface area contributed by atoms with Gasteiger partial charge in [-0.15, -0.1) is 0 Å². The number of hydrogen-bond acceptors (Lipinski definition) is 6. The van der Waals surface area contributed by atoms with Crippen LogP contribution in [-0.2, 0) is 11.3 Å². The van der Waals surface area contributed by atoms with Crippen molar-refractivity contribution in [1.29, 1.82) is 0 Å². The predicted octanol–water partition coefficient (Wildman–Crippen LogP) is 3.70. The molecule has 0 spiro atoms. The molecular weight excluding hydrogens is 410 g/mol. The summed E-state index contributed by atoms with van der Waals surface area (Å²) >= 11 is 0. The second-order valence-electron chi connectivity index (χ2n) is 7.45. The molecule has 1 aromatic heterocycles. The molecule has 8 heteroatoms. The normalized spacial score (nSPS) is 10.7. The van der Waals surface area contributed by atoms with E-state index in [0.29, 0.717) is 40.1 Å². The Morgan fingerprint density at radius 3 is 2.12 bits per heavy atom. The number of rotatable bonds is 8. The summed E-state index contributed by atoms with van der Waals surface area (Å²) in [6, 6.07) is 14.0. The number of nitrogens with one attached hydrogen (secondary N) is 1. The summed E-state index contributed by atoms with van der Waals surface area (Å²) in [5, 5.41) is 7.16. The Hall–Kier alpha value is -3.81. The van der Waals surface area contributed by atoms with Crippen molar-refractivity contribution in [3.8, 4) is 28.5 Å². The molecule has 0 saturated carbocycles. The zero-order valence-corrected chi connectivity index (χ0v) is 18.8. The molecule has 168 valence electrons. The van der Waals surface area contributed by atoms with Gasteiger partial charge in [0.05, 0.1) is 27.0 Å². The van der Waals surface area contributed by atoms with Gasteiger partial charge in [-0.05, 0) is 41.8 Å². The van der Waals surface area contributed by atoms with Crippen LogP contribution in [0.15, 0.2) is 53.3 Å². The van der Waals surface area contributed by atoms with Crippen molar-refractivity contribution in [2.45, 2.75) is 26.3 Å². The topological polar surface area (TPSA) is 91.7 Å². The number of ether oxygens (including phenoxy) is 3. The van der Waals surface area contributed by atoms with Crippen LogP contribution >= 0.6 is 0 Å². The van der Waals surface area contributed by atoms with E-state index in [2.05, 4.69) is 24.3 Å². The summed E-state index contributed by atoms with van der Waals surface area (Å²) < 4.78 is 17.2. The number of carbonyl (C=O) groups excluding carboxylic acids is 1. The van der Waals surface area contributed by atoms with Crippen molar-refractivity contribution in [3.63, 3.8) is 0 Å². The lowest BCUT2D eigenvalue weighted by Crippen LogP contribution is -2.29. The maximum absolute atomic E-state index is 12.5. The molecule has 0 aliphatic rings. The fourth-order valence-electron chi connectivity index (χ4n) is 3.23. The summed E-state index contributed by atoms with van der Waals surface area (Å²) in [5.74, 6) is 1.43. The highest BCUT2D eigenvalue weighted by Gasteiger charge is 2.16. The van der Waals surface area contributed by atoms with Crippen LogP contribution in [0.2, 0.25) is 0 Å². The van der Waals surface area contributed by atoms with Crippen molar-refractivity contribution in [1.82, 2.24) is 9.78 Å². The van der Waals surface area contributed by atoms with E-state index in [9.17, 15) is 9.59 Å². The largest absolute Gasteiger partial charge is 0.493 e. The Labute approximate surface area is 186 Å². The van der Waals surface area contributed by atoms with Gasteiger partial charge in [0, 0.05) is 17.3 Å². The Kier molecular flexibility index (Phi) is 7.14. The summed E-state index contributed by atoms with van der Waals surface area (Å²) in [7, 11) is 4.56. The lowest BCUT2D eigenvalue weighted by atomic mass is 10.0. The Morgan fingerprint density at radius 1 is 0.969 bits per heavy atom. The van der Waals surface area contributed by atoms with Crippen LogP contribution in [0, 0.1) is 0 Å². The lowest BCUT2D eigenvalue weighted by molar-refractivity contribution is -0.117. The summed E-state index contributed by atoms with van der Waals surface area (Å²) in [5.41, 5.74) is 2.59. The van der Waals surface area contributed by atoms with Gasteiger partial charge in [0.25, 0.3) is 5.56 Å². The molecule has 1 N–H and O–H groups in total. The van der Waals surface area contributed by atoms with Crippen molar-refractivity contribution in [3.05, 3.63) is 64.4 Å². The zero-order chi connectivity index (χ0) is 23.3. The van der Waals surface area contributed by atoms with Gasteiger partial charge in [0.15, 0.2) is 11.5 Å². The average Bonchev–Trinajstić information content (AvgIpc) is 2.79. The second kappa shape index (κ2) is 10.00. The highest BCUT2D eigenvalue weighted by Crippen LogP contribution is 2.40. The molecule has 2 aromatic carbocycles. The van der Waals surface area contributed by atoms with Crippen molar-refractivity contribution in [2.75, 3.05) is 26.6 Å². The smallest absolute Gasteiger partial charge is 0.267 e. The fourth-order valence-corrected chi connectivity index (χ4v) is 3.23. The summed E-state index contributed by atoms with van der Waals surface area (Å²) in [6.07, 6.45) is 0. The third-order valence-electron chi connectivity index (χ3n) is 4.98. The van der Waals surface area contributed by atoms with Crippen LogP contribution < -0.4 is 25.1 Å². The first-order chi connectivity index (χ1) is 15.4. The summed E-state index contributed by atoms with van der Waals surface area (Å²) in [6.45, 7) is 3.99. The minimum absolute atomic E-state index is 0.219. The second-order valence-corrected chi connectivity index (χ2v) is 7.45. The van der Waals surface area contributed by atoms with Gasteiger partial charge in [-0.25, -0.2) is 4.68 Å². The maximum Gasteiger partial charge on any atom is 0.267 e. The Morgan fingerprint density at radius 2 is 1.59 bits per heavy atom. The van der Waals surface area contributed by atoms with Gasteiger partial charge in [-0.2, -0.15) is 5.10 Å². The average molecular weight is 437 g/mol. The van der Waals surface area contributed by atoms with Crippen LogP contribution in [0.1, 0.15) is 25.3 Å². The first-order valence-electron chi connectivity index (χ1n) is 10.1. The van der Waals surface area contributed by atoms with E-state index >= 15 is 0 Å². The first kappa shape index (κ1) is 22.9. The lowest BCUT2D eigenvalue weighted by Gasteiger charge is -2.14. The van der Waals surface area contributed by atoms with Gasteiger partial charge in [0.1, 0.15) is 6.54 Å². The van der Waals surface area contributed by atoms with Crippen molar-refractivity contribution in [2.24, 2.45) is 0 Å². The third-order valence-corrected chi connectivity index (χ3v) is 4.98. The summed E-state index contributed by atoms with van der Waals surface area (Å²) in [4.78, 5) is 24.8.